The molecule has 2 aromatic heterocycles. The van der Waals surface area contributed by atoms with Crippen molar-refractivity contribution in [3.8, 4) is 17.2 Å². The van der Waals surface area contributed by atoms with E-state index in [0.717, 1.165) is 27.7 Å². The molecule has 1 saturated heterocycles. The SMILES string of the molecule is Cn1c(=O)oc2ccc(-c3ccc4[nH]c(CC(C#N)NC(=O)[C@@H]5CN(C(=O)OC(C)(C)C)CCCO5)cc4c3)cc21. The molecule has 2 N–H and O–H groups in total. The molecule has 1 aliphatic heterocycles. The van der Waals surface area contributed by atoms with Gasteiger partial charge in [-0.2, -0.15) is 5.26 Å². The molecule has 0 saturated carbocycles. The molecule has 1 aliphatic rings. The fourth-order valence-corrected chi connectivity index (χ4v) is 4.88. The van der Waals surface area contributed by atoms with Gasteiger partial charge in [0, 0.05) is 43.2 Å². The van der Waals surface area contributed by atoms with Gasteiger partial charge in [0.05, 0.1) is 18.1 Å². The second kappa shape index (κ2) is 11.1. The molecule has 5 rings (SSSR count). The lowest BCUT2D eigenvalue weighted by Gasteiger charge is -2.27. The van der Waals surface area contributed by atoms with Crippen LogP contribution in [0.2, 0.25) is 0 Å². The molecule has 4 aromatic rings. The second-order valence-electron chi connectivity index (χ2n) is 11.2. The standard InChI is InChI=1S/C30H33N5O6/c1-30(2,3)41-29(38)35-10-5-11-39-26(17-35)27(36)33-22(16-31)15-21-13-20-12-18(6-8-23(20)32-21)19-7-9-25-24(14-19)34(4)28(37)40-25/h6-9,12-14,22,26,32H,5,10-11,15,17H2,1-4H3,(H,33,36)/t22?,26-/m0/s1. The highest BCUT2D eigenvalue weighted by Gasteiger charge is 2.31. The number of nitriles is 1. The third-order valence-corrected chi connectivity index (χ3v) is 6.92. The van der Waals surface area contributed by atoms with Gasteiger partial charge in [-0.3, -0.25) is 9.36 Å². The molecule has 2 amide bonds. The number of amides is 2. The third-order valence-electron chi connectivity index (χ3n) is 6.92. The van der Waals surface area contributed by atoms with Crippen LogP contribution >= 0.6 is 0 Å². The minimum absolute atomic E-state index is 0.0484. The zero-order chi connectivity index (χ0) is 29.3. The predicted octanol–water partition coefficient (Wildman–Crippen LogP) is 3.86. The number of carbonyl (C=O) groups excluding carboxylic acids is 2. The zero-order valence-corrected chi connectivity index (χ0v) is 23.5. The van der Waals surface area contributed by atoms with Gasteiger partial charge in [0.1, 0.15) is 11.6 Å². The van der Waals surface area contributed by atoms with E-state index in [1.807, 2.05) is 36.4 Å². The van der Waals surface area contributed by atoms with E-state index in [0.29, 0.717) is 30.7 Å². The van der Waals surface area contributed by atoms with Crippen molar-refractivity contribution in [1.29, 1.82) is 5.26 Å². The fourth-order valence-electron chi connectivity index (χ4n) is 4.88. The van der Waals surface area contributed by atoms with E-state index in [2.05, 4.69) is 16.4 Å². The Morgan fingerprint density at radius 2 is 1.95 bits per heavy atom. The molecule has 11 heteroatoms. The maximum absolute atomic E-state index is 13.1. The lowest BCUT2D eigenvalue weighted by atomic mass is 10.0. The summed E-state index contributed by atoms with van der Waals surface area (Å²) in [4.78, 5) is 42.3. The molecule has 0 aliphatic carbocycles. The summed E-state index contributed by atoms with van der Waals surface area (Å²) in [6.45, 7) is 6.16. The van der Waals surface area contributed by atoms with Crippen LogP contribution < -0.4 is 11.1 Å². The topological polar surface area (TPSA) is 143 Å². The second-order valence-corrected chi connectivity index (χ2v) is 11.2. The number of H-pyrrole nitrogens is 1. The number of nitrogens with zero attached hydrogens (tertiary/aromatic N) is 3. The van der Waals surface area contributed by atoms with Crippen LogP contribution in [0.4, 0.5) is 4.79 Å². The van der Waals surface area contributed by atoms with Crippen LogP contribution in [0.5, 0.6) is 0 Å². The van der Waals surface area contributed by atoms with E-state index in [-0.39, 0.29) is 13.0 Å². The van der Waals surface area contributed by atoms with Crippen LogP contribution in [-0.2, 0) is 27.7 Å². The zero-order valence-electron chi connectivity index (χ0n) is 23.5. The first-order valence-electron chi connectivity index (χ1n) is 13.5. The van der Waals surface area contributed by atoms with Crippen LogP contribution in [0.1, 0.15) is 32.9 Å². The maximum Gasteiger partial charge on any atom is 0.419 e. The molecule has 11 nitrogen and oxygen atoms in total. The molecule has 0 bridgehead atoms. The molecule has 3 heterocycles. The molecule has 2 atom stereocenters. The molecule has 2 aromatic carbocycles. The molecule has 1 unspecified atom stereocenters. The summed E-state index contributed by atoms with van der Waals surface area (Å²) < 4.78 is 17.9. The van der Waals surface area contributed by atoms with Crippen molar-refractivity contribution in [2.45, 2.75) is 51.4 Å². The van der Waals surface area contributed by atoms with Gasteiger partial charge < -0.3 is 29.1 Å². The monoisotopic (exact) mass is 559 g/mol. The lowest BCUT2D eigenvalue weighted by molar-refractivity contribution is -0.133. The number of hydrogen-bond donors (Lipinski definition) is 2. The van der Waals surface area contributed by atoms with Gasteiger partial charge in [0.2, 0.25) is 0 Å². The number of nitrogens with one attached hydrogen (secondary N) is 2. The van der Waals surface area contributed by atoms with E-state index >= 15 is 0 Å². The maximum atomic E-state index is 13.1. The van der Waals surface area contributed by atoms with Crippen molar-refractivity contribution in [2.24, 2.45) is 7.05 Å². The highest BCUT2D eigenvalue weighted by molar-refractivity contribution is 5.88. The number of rotatable bonds is 5. The molecule has 41 heavy (non-hydrogen) atoms. The van der Waals surface area contributed by atoms with Crippen molar-refractivity contribution in [2.75, 3.05) is 19.7 Å². The number of ether oxygens (including phenoxy) is 2. The van der Waals surface area contributed by atoms with Crippen LogP contribution in [0.3, 0.4) is 0 Å². The van der Waals surface area contributed by atoms with Gasteiger partial charge in [-0.05, 0) is 68.7 Å². The Bertz CT molecular complexity index is 1700. The number of aromatic nitrogens is 2. The van der Waals surface area contributed by atoms with Gasteiger partial charge in [-0.1, -0.05) is 12.1 Å². The molecule has 0 spiro atoms. The van der Waals surface area contributed by atoms with E-state index in [9.17, 15) is 19.6 Å². The summed E-state index contributed by atoms with van der Waals surface area (Å²) in [6, 6.07) is 14.9. The van der Waals surface area contributed by atoms with Crippen LogP contribution in [-0.4, -0.2) is 63.9 Å². The third kappa shape index (κ3) is 6.28. The van der Waals surface area contributed by atoms with Crippen LogP contribution in [0.15, 0.2) is 51.7 Å². The van der Waals surface area contributed by atoms with E-state index in [1.165, 1.54) is 9.47 Å². The first-order valence-corrected chi connectivity index (χ1v) is 13.5. The Labute approximate surface area is 236 Å². The first kappa shape index (κ1) is 28.0. The molecular weight excluding hydrogens is 526 g/mol. The Balaban J connectivity index is 1.27. The van der Waals surface area contributed by atoms with Crippen LogP contribution in [0, 0.1) is 11.3 Å². The van der Waals surface area contributed by atoms with Crippen molar-refractivity contribution in [3.05, 3.63) is 58.7 Å². The largest absolute Gasteiger partial charge is 0.444 e. The number of carbonyl (C=O) groups is 2. The predicted molar refractivity (Wildman–Crippen MR) is 152 cm³/mol. The summed E-state index contributed by atoms with van der Waals surface area (Å²) in [6.07, 6.45) is -0.560. The van der Waals surface area contributed by atoms with E-state index in [4.69, 9.17) is 13.9 Å². The Hall–Kier alpha value is -4.56. The number of aromatic amines is 1. The summed E-state index contributed by atoms with van der Waals surface area (Å²) in [5.41, 5.74) is 4.16. The number of aryl methyl sites for hydroxylation is 1. The van der Waals surface area contributed by atoms with Crippen molar-refractivity contribution in [1.82, 2.24) is 19.8 Å². The van der Waals surface area contributed by atoms with Crippen molar-refractivity contribution >= 4 is 34.0 Å². The number of hydrogen-bond acceptors (Lipinski definition) is 7. The summed E-state index contributed by atoms with van der Waals surface area (Å²) in [5.74, 6) is -0.859. The smallest absolute Gasteiger partial charge is 0.419 e. The average molecular weight is 560 g/mol. The summed E-state index contributed by atoms with van der Waals surface area (Å²) >= 11 is 0. The van der Waals surface area contributed by atoms with Crippen molar-refractivity contribution < 1.29 is 23.5 Å². The van der Waals surface area contributed by atoms with Crippen LogP contribution in [0.25, 0.3) is 33.1 Å². The molecule has 0 radical (unpaired) electrons. The Morgan fingerprint density at radius 3 is 2.71 bits per heavy atom. The summed E-state index contributed by atoms with van der Waals surface area (Å²) in [5, 5.41) is 13.5. The highest BCUT2D eigenvalue weighted by atomic mass is 16.6. The minimum Gasteiger partial charge on any atom is -0.444 e. The number of oxazole rings is 1. The van der Waals surface area contributed by atoms with E-state index < -0.39 is 35.5 Å². The van der Waals surface area contributed by atoms with Gasteiger partial charge >= 0.3 is 11.8 Å². The number of fused-ring (bicyclic) bond motifs is 2. The molecular formula is C30H33N5O6. The normalized spacial score (nSPS) is 16.8. The number of benzene rings is 2. The van der Waals surface area contributed by atoms with E-state index in [1.54, 1.807) is 33.9 Å². The Morgan fingerprint density at radius 1 is 1.20 bits per heavy atom. The van der Waals surface area contributed by atoms with Gasteiger partial charge in [0.15, 0.2) is 11.7 Å². The Kier molecular flexibility index (Phi) is 7.60. The lowest BCUT2D eigenvalue weighted by Crippen LogP contribution is -2.48. The average Bonchev–Trinajstić information content (AvgIpc) is 3.33. The highest BCUT2D eigenvalue weighted by Crippen LogP contribution is 2.28. The molecule has 214 valence electrons. The van der Waals surface area contributed by atoms with Gasteiger partial charge in [-0.15, -0.1) is 0 Å². The minimum atomic E-state index is -0.904. The molecule has 1 fully saturated rings. The van der Waals surface area contributed by atoms with Crippen molar-refractivity contribution in [3.63, 3.8) is 0 Å². The fraction of sp³-hybridized carbons (Fsp3) is 0.400. The quantitative estimate of drug-likeness (QED) is 0.378. The van der Waals surface area contributed by atoms with Gasteiger partial charge in [0.25, 0.3) is 5.91 Å². The summed E-state index contributed by atoms with van der Waals surface area (Å²) in [7, 11) is 1.67. The van der Waals surface area contributed by atoms with Gasteiger partial charge in [-0.25, -0.2) is 9.59 Å². The first-order chi connectivity index (χ1) is 19.5.